The maximum Gasteiger partial charge on any atom is 0.0203 e. The molecule has 0 radical (unpaired) electrons. The topological polar surface area (TPSA) is 0 Å². The molecule has 1 rings (SSSR count). The Morgan fingerprint density at radius 3 is 2.16 bits per heavy atom. The molecular weight excluding hydrogens is 248 g/mol. The summed E-state index contributed by atoms with van der Waals surface area (Å²) < 4.78 is 0. The summed E-state index contributed by atoms with van der Waals surface area (Å²) in [5.41, 5.74) is 0. The average molecular weight is 274 g/mol. The van der Waals surface area contributed by atoms with Crippen molar-refractivity contribution in [1.82, 2.24) is 0 Å². The van der Waals surface area contributed by atoms with Crippen molar-refractivity contribution in [2.45, 2.75) is 69.6 Å². The van der Waals surface area contributed by atoms with Crippen LogP contribution in [0.3, 0.4) is 0 Å². The Bertz CT molecular complexity index is 358. The predicted octanol–water partition coefficient (Wildman–Crippen LogP) is 6.27. The summed E-state index contributed by atoms with van der Waals surface area (Å²) >= 11 is 1.64. The van der Waals surface area contributed by atoms with Gasteiger partial charge in [0.05, 0.1) is 0 Å². The van der Waals surface area contributed by atoms with E-state index in [0.717, 1.165) is 6.42 Å². The molecule has 0 fully saturated rings. The minimum absolute atomic E-state index is 1.05. The molecule has 1 heteroatoms. The number of unbranched alkanes of at least 4 members (excludes halogenated alkanes) is 8. The largest absolute Gasteiger partial charge is 0.0909 e. The number of benzene rings is 1. The average Bonchev–Trinajstić information content (AvgIpc) is 2.46. The van der Waals surface area contributed by atoms with Gasteiger partial charge in [0.2, 0.25) is 0 Å². The van der Waals surface area contributed by atoms with Gasteiger partial charge in [-0.15, -0.1) is 0 Å². The summed E-state index contributed by atoms with van der Waals surface area (Å²) in [7, 11) is 0. The third kappa shape index (κ3) is 9.68. The Morgan fingerprint density at radius 2 is 1.47 bits per heavy atom. The summed E-state index contributed by atoms with van der Waals surface area (Å²) in [5, 5.41) is 3.19. The molecule has 19 heavy (non-hydrogen) atoms. The fourth-order valence-electron chi connectivity index (χ4n) is 1.98. The zero-order valence-electron chi connectivity index (χ0n) is 12.2. The zero-order chi connectivity index (χ0) is 13.6. The van der Waals surface area contributed by atoms with Crippen LogP contribution in [0.4, 0.5) is 0 Å². The smallest absolute Gasteiger partial charge is 0.0203 e. The number of thioether (sulfide) groups is 1. The van der Waals surface area contributed by atoms with Gasteiger partial charge < -0.3 is 0 Å². The van der Waals surface area contributed by atoms with Crippen LogP contribution in [0.15, 0.2) is 35.2 Å². The number of hydrogen-bond donors (Lipinski definition) is 0. The molecule has 0 nitrogen and oxygen atoms in total. The van der Waals surface area contributed by atoms with Crippen molar-refractivity contribution in [2.24, 2.45) is 0 Å². The van der Waals surface area contributed by atoms with Gasteiger partial charge in [0.25, 0.3) is 0 Å². The van der Waals surface area contributed by atoms with Crippen molar-refractivity contribution in [2.75, 3.05) is 0 Å². The highest BCUT2D eigenvalue weighted by molar-refractivity contribution is 8.03. The van der Waals surface area contributed by atoms with Crippen molar-refractivity contribution in [3.8, 4) is 11.2 Å². The van der Waals surface area contributed by atoms with Crippen LogP contribution in [0.2, 0.25) is 0 Å². The molecule has 0 bridgehead atoms. The second-order valence-electron chi connectivity index (χ2n) is 4.92. The number of rotatable bonds is 9. The Hall–Kier alpha value is -0.870. The monoisotopic (exact) mass is 274 g/mol. The van der Waals surface area contributed by atoms with Gasteiger partial charge in [-0.1, -0.05) is 76.0 Å². The lowest BCUT2D eigenvalue weighted by atomic mass is 10.1. The summed E-state index contributed by atoms with van der Waals surface area (Å²) in [4.78, 5) is 1.24. The minimum atomic E-state index is 1.05. The van der Waals surface area contributed by atoms with Gasteiger partial charge in [-0.3, -0.25) is 0 Å². The van der Waals surface area contributed by atoms with Gasteiger partial charge in [-0.05, 0) is 35.6 Å². The molecule has 0 aromatic heterocycles. The molecule has 104 valence electrons. The van der Waals surface area contributed by atoms with Gasteiger partial charge in [0.15, 0.2) is 0 Å². The first-order chi connectivity index (χ1) is 9.43. The third-order valence-electron chi connectivity index (χ3n) is 3.14. The maximum atomic E-state index is 3.26. The van der Waals surface area contributed by atoms with E-state index >= 15 is 0 Å². The molecule has 0 aliphatic rings. The molecule has 0 aliphatic carbocycles. The van der Waals surface area contributed by atoms with Crippen LogP contribution >= 0.6 is 11.8 Å². The Morgan fingerprint density at radius 1 is 0.842 bits per heavy atom. The lowest BCUT2D eigenvalue weighted by Crippen LogP contribution is -1.79. The quantitative estimate of drug-likeness (QED) is 0.290. The maximum absolute atomic E-state index is 3.26. The highest BCUT2D eigenvalue weighted by Gasteiger charge is 1.90. The van der Waals surface area contributed by atoms with Crippen molar-refractivity contribution >= 4 is 11.8 Å². The Kier molecular flexibility index (Phi) is 10.4. The van der Waals surface area contributed by atoms with Gasteiger partial charge in [0.1, 0.15) is 0 Å². The molecule has 0 saturated heterocycles. The Balaban J connectivity index is 1.91. The fourth-order valence-corrected chi connectivity index (χ4v) is 2.57. The van der Waals surface area contributed by atoms with E-state index in [1.807, 2.05) is 6.07 Å². The van der Waals surface area contributed by atoms with Crippen LogP contribution < -0.4 is 0 Å². The van der Waals surface area contributed by atoms with Gasteiger partial charge >= 0.3 is 0 Å². The van der Waals surface area contributed by atoms with E-state index in [2.05, 4.69) is 42.4 Å². The lowest BCUT2D eigenvalue weighted by molar-refractivity contribution is 0.579. The number of hydrogen-bond acceptors (Lipinski definition) is 1. The zero-order valence-corrected chi connectivity index (χ0v) is 13.0. The second kappa shape index (κ2) is 12.2. The van der Waals surface area contributed by atoms with Crippen molar-refractivity contribution in [1.29, 1.82) is 0 Å². The minimum Gasteiger partial charge on any atom is -0.0909 e. The second-order valence-corrected chi connectivity index (χ2v) is 5.80. The molecule has 1 aromatic carbocycles. The molecule has 0 spiro atoms. The summed E-state index contributed by atoms with van der Waals surface area (Å²) in [6, 6.07) is 10.4. The summed E-state index contributed by atoms with van der Waals surface area (Å²) in [6.07, 6.45) is 12.0. The first-order valence-corrected chi connectivity index (χ1v) is 8.45. The first kappa shape index (κ1) is 16.2. The highest BCUT2D eigenvalue weighted by Crippen LogP contribution is 2.15. The summed E-state index contributed by atoms with van der Waals surface area (Å²) in [5.74, 6) is 3.26. The molecule has 0 aliphatic heterocycles. The van der Waals surface area contributed by atoms with E-state index < -0.39 is 0 Å². The van der Waals surface area contributed by atoms with Gasteiger partial charge in [-0.25, -0.2) is 0 Å². The standard InChI is InChI=1S/C18H26S/c1-2-3-4-5-6-7-8-9-10-14-17-19-18-15-12-11-13-16-18/h11-13,15-16H,2-10H2,1H3. The normalized spacial score (nSPS) is 9.95. The molecular formula is C18H26S. The lowest BCUT2D eigenvalue weighted by Gasteiger charge is -1.99. The van der Waals surface area contributed by atoms with E-state index in [1.165, 1.54) is 56.3 Å². The van der Waals surface area contributed by atoms with Crippen LogP contribution in [-0.2, 0) is 0 Å². The van der Waals surface area contributed by atoms with E-state index in [1.54, 1.807) is 11.8 Å². The molecule has 1 aromatic rings. The Labute approximate surface area is 123 Å². The van der Waals surface area contributed by atoms with Crippen LogP contribution in [0, 0.1) is 11.2 Å². The molecule has 0 atom stereocenters. The molecule has 0 saturated carbocycles. The van der Waals surface area contributed by atoms with Crippen LogP contribution in [-0.4, -0.2) is 0 Å². The van der Waals surface area contributed by atoms with E-state index in [9.17, 15) is 0 Å². The highest BCUT2D eigenvalue weighted by atomic mass is 32.2. The van der Waals surface area contributed by atoms with Crippen molar-refractivity contribution < 1.29 is 0 Å². The first-order valence-electron chi connectivity index (χ1n) is 7.63. The third-order valence-corrected chi connectivity index (χ3v) is 3.89. The van der Waals surface area contributed by atoms with E-state index in [4.69, 9.17) is 0 Å². The van der Waals surface area contributed by atoms with Gasteiger partial charge in [0, 0.05) is 11.3 Å². The van der Waals surface area contributed by atoms with Crippen LogP contribution in [0.25, 0.3) is 0 Å². The van der Waals surface area contributed by atoms with Crippen molar-refractivity contribution in [3.63, 3.8) is 0 Å². The molecule has 0 N–H and O–H groups in total. The van der Waals surface area contributed by atoms with E-state index in [-0.39, 0.29) is 0 Å². The molecule has 0 amide bonds. The molecule has 0 heterocycles. The molecule has 0 unspecified atom stereocenters. The van der Waals surface area contributed by atoms with Gasteiger partial charge in [-0.2, -0.15) is 0 Å². The predicted molar refractivity (Wildman–Crippen MR) is 87.3 cm³/mol. The summed E-state index contributed by atoms with van der Waals surface area (Å²) in [6.45, 7) is 2.27. The SMILES string of the molecule is CCCCCCCCCCC#CSc1ccccc1. The van der Waals surface area contributed by atoms with Crippen molar-refractivity contribution in [3.05, 3.63) is 30.3 Å². The fraction of sp³-hybridized carbons (Fsp3) is 0.556. The van der Waals surface area contributed by atoms with E-state index in [0.29, 0.717) is 0 Å². The van der Waals surface area contributed by atoms with Crippen LogP contribution in [0.5, 0.6) is 0 Å². The van der Waals surface area contributed by atoms with Crippen LogP contribution in [0.1, 0.15) is 64.7 Å².